The number of esters is 1. The van der Waals surface area contributed by atoms with Crippen molar-refractivity contribution < 1.29 is 9.53 Å². The van der Waals surface area contributed by atoms with Crippen LogP contribution in [0.25, 0.3) is 21.8 Å². The Hall–Kier alpha value is -3.54. The molecule has 2 aromatic carbocycles. The molecule has 122 valence electrons. The van der Waals surface area contributed by atoms with Crippen molar-refractivity contribution in [2.24, 2.45) is 0 Å². The van der Waals surface area contributed by atoms with Gasteiger partial charge in [-0.3, -0.25) is 4.79 Å². The van der Waals surface area contributed by atoms with Gasteiger partial charge in [0.05, 0.1) is 16.4 Å². The van der Waals surface area contributed by atoms with Gasteiger partial charge in [0.15, 0.2) is 0 Å². The first kappa shape index (κ1) is 15.0. The average molecular weight is 331 g/mol. The standard InChI is InChI=1S/C19H13N3O3/c23-18-13-6-2-4-8-15(13)21-17(22-18)11-25-19(24)16-10-9-12-5-1-3-7-14(12)20-16/h1-10H,11H2,(H,21,22,23). The number of carbonyl (C=O) groups excluding carboxylic acids is 1. The Balaban J connectivity index is 1.56. The second-order valence-electron chi connectivity index (χ2n) is 5.50. The van der Waals surface area contributed by atoms with Crippen molar-refractivity contribution in [3.05, 3.63) is 82.5 Å². The minimum absolute atomic E-state index is 0.132. The van der Waals surface area contributed by atoms with Crippen molar-refractivity contribution in [1.82, 2.24) is 15.0 Å². The fourth-order valence-corrected chi connectivity index (χ4v) is 2.59. The van der Waals surface area contributed by atoms with Gasteiger partial charge in [0.25, 0.3) is 5.56 Å². The van der Waals surface area contributed by atoms with E-state index in [1.54, 1.807) is 30.3 Å². The van der Waals surface area contributed by atoms with E-state index in [0.29, 0.717) is 16.4 Å². The van der Waals surface area contributed by atoms with Crippen LogP contribution in [0.1, 0.15) is 16.3 Å². The van der Waals surface area contributed by atoms with Gasteiger partial charge in [-0.2, -0.15) is 0 Å². The van der Waals surface area contributed by atoms with Gasteiger partial charge in [-0.15, -0.1) is 0 Å². The van der Waals surface area contributed by atoms with Gasteiger partial charge in [-0.1, -0.05) is 36.4 Å². The number of ether oxygens (including phenoxy) is 1. The summed E-state index contributed by atoms with van der Waals surface area (Å²) in [5, 5.41) is 1.44. The van der Waals surface area contributed by atoms with Crippen LogP contribution >= 0.6 is 0 Å². The van der Waals surface area contributed by atoms with Crippen molar-refractivity contribution in [1.29, 1.82) is 0 Å². The highest BCUT2D eigenvalue weighted by Crippen LogP contribution is 2.13. The fraction of sp³-hybridized carbons (Fsp3) is 0.0526. The molecule has 0 saturated carbocycles. The van der Waals surface area contributed by atoms with Crippen molar-refractivity contribution in [3.63, 3.8) is 0 Å². The van der Waals surface area contributed by atoms with Crippen molar-refractivity contribution >= 4 is 27.8 Å². The largest absolute Gasteiger partial charge is 0.453 e. The summed E-state index contributed by atoms with van der Waals surface area (Å²) >= 11 is 0. The third kappa shape index (κ3) is 2.97. The minimum atomic E-state index is -0.568. The molecule has 0 atom stereocenters. The monoisotopic (exact) mass is 331 g/mol. The quantitative estimate of drug-likeness (QED) is 0.584. The topological polar surface area (TPSA) is 84.9 Å². The number of H-pyrrole nitrogens is 1. The number of para-hydroxylation sites is 2. The van der Waals surface area contributed by atoms with Crippen molar-refractivity contribution in [3.8, 4) is 0 Å². The maximum Gasteiger partial charge on any atom is 0.357 e. The van der Waals surface area contributed by atoms with Crippen LogP contribution in [0.4, 0.5) is 0 Å². The number of fused-ring (bicyclic) bond motifs is 2. The molecule has 0 bridgehead atoms. The molecular formula is C19H13N3O3. The fourth-order valence-electron chi connectivity index (χ4n) is 2.59. The molecule has 0 radical (unpaired) electrons. The summed E-state index contributed by atoms with van der Waals surface area (Å²) in [6.45, 7) is -0.132. The average Bonchev–Trinajstić information content (AvgIpc) is 2.66. The van der Waals surface area contributed by atoms with Crippen LogP contribution < -0.4 is 5.56 Å². The second kappa shape index (κ2) is 6.16. The summed E-state index contributed by atoms with van der Waals surface area (Å²) in [6.07, 6.45) is 0. The molecule has 1 N–H and O–H groups in total. The predicted molar refractivity (Wildman–Crippen MR) is 93.2 cm³/mol. The zero-order valence-corrected chi connectivity index (χ0v) is 13.1. The third-order valence-corrected chi connectivity index (χ3v) is 3.81. The number of pyridine rings is 1. The molecule has 0 saturated heterocycles. The summed E-state index contributed by atoms with van der Waals surface area (Å²) in [5.74, 6) is -0.278. The number of hydrogen-bond acceptors (Lipinski definition) is 5. The maximum atomic E-state index is 12.2. The smallest absolute Gasteiger partial charge is 0.357 e. The molecule has 0 aliphatic heterocycles. The lowest BCUT2D eigenvalue weighted by Gasteiger charge is -2.06. The van der Waals surface area contributed by atoms with Crippen LogP contribution in [0.15, 0.2) is 65.5 Å². The van der Waals surface area contributed by atoms with E-state index in [2.05, 4.69) is 15.0 Å². The highest BCUT2D eigenvalue weighted by atomic mass is 16.5. The number of carbonyl (C=O) groups is 1. The van der Waals surface area contributed by atoms with Crippen LogP contribution in [0.5, 0.6) is 0 Å². The number of aromatic amines is 1. The zero-order valence-electron chi connectivity index (χ0n) is 13.1. The first-order valence-electron chi connectivity index (χ1n) is 7.71. The third-order valence-electron chi connectivity index (χ3n) is 3.81. The van der Waals surface area contributed by atoms with E-state index in [-0.39, 0.29) is 23.7 Å². The predicted octanol–water partition coefficient (Wildman–Crippen LogP) is 2.83. The van der Waals surface area contributed by atoms with E-state index < -0.39 is 5.97 Å². The highest BCUT2D eigenvalue weighted by molar-refractivity contribution is 5.91. The first-order valence-corrected chi connectivity index (χ1v) is 7.71. The summed E-state index contributed by atoms with van der Waals surface area (Å²) in [5.41, 5.74) is 1.22. The number of aromatic nitrogens is 3. The molecule has 2 aromatic heterocycles. The molecule has 25 heavy (non-hydrogen) atoms. The molecule has 4 rings (SSSR count). The Morgan fingerprint density at radius 2 is 1.68 bits per heavy atom. The van der Waals surface area contributed by atoms with Gasteiger partial charge in [-0.05, 0) is 24.3 Å². The molecule has 4 aromatic rings. The Bertz CT molecular complexity index is 1150. The molecule has 0 fully saturated rings. The Morgan fingerprint density at radius 3 is 2.56 bits per heavy atom. The van der Waals surface area contributed by atoms with E-state index in [1.807, 2.05) is 30.3 Å². The molecule has 0 spiro atoms. The minimum Gasteiger partial charge on any atom is -0.453 e. The molecular weight excluding hydrogens is 318 g/mol. The van der Waals surface area contributed by atoms with Crippen LogP contribution in [0.2, 0.25) is 0 Å². The summed E-state index contributed by atoms with van der Waals surface area (Å²) < 4.78 is 5.23. The first-order chi connectivity index (χ1) is 12.2. The van der Waals surface area contributed by atoms with Gasteiger partial charge in [0.2, 0.25) is 0 Å². The number of nitrogens with one attached hydrogen (secondary N) is 1. The maximum absolute atomic E-state index is 12.2. The Kier molecular flexibility index (Phi) is 3.70. The Morgan fingerprint density at radius 1 is 0.920 bits per heavy atom. The van der Waals surface area contributed by atoms with E-state index in [1.165, 1.54) is 0 Å². The summed E-state index contributed by atoms with van der Waals surface area (Å²) in [7, 11) is 0. The van der Waals surface area contributed by atoms with Crippen molar-refractivity contribution in [2.75, 3.05) is 0 Å². The molecule has 6 nitrogen and oxygen atoms in total. The Labute approximate surface area is 142 Å². The van der Waals surface area contributed by atoms with Crippen LogP contribution in [-0.4, -0.2) is 20.9 Å². The number of benzene rings is 2. The van der Waals surface area contributed by atoms with Gasteiger partial charge < -0.3 is 9.72 Å². The molecule has 0 aliphatic carbocycles. The molecule has 2 heterocycles. The van der Waals surface area contributed by atoms with E-state index >= 15 is 0 Å². The lowest BCUT2D eigenvalue weighted by Crippen LogP contribution is -2.15. The molecule has 0 aliphatic rings. The molecule has 0 unspecified atom stereocenters. The van der Waals surface area contributed by atoms with Crippen LogP contribution in [-0.2, 0) is 11.3 Å². The van der Waals surface area contributed by atoms with Crippen LogP contribution in [0.3, 0.4) is 0 Å². The summed E-state index contributed by atoms with van der Waals surface area (Å²) in [4.78, 5) is 35.4. The molecule has 6 heteroatoms. The summed E-state index contributed by atoms with van der Waals surface area (Å²) in [6, 6.07) is 17.9. The number of hydrogen-bond donors (Lipinski definition) is 1. The van der Waals surface area contributed by atoms with Crippen molar-refractivity contribution in [2.45, 2.75) is 6.61 Å². The lowest BCUT2D eigenvalue weighted by molar-refractivity contribution is 0.0456. The van der Waals surface area contributed by atoms with Gasteiger partial charge >= 0.3 is 5.97 Å². The normalized spacial score (nSPS) is 10.9. The lowest BCUT2D eigenvalue weighted by atomic mass is 10.2. The SMILES string of the molecule is O=C(OCc1nc2ccccc2c(=O)[nH]1)c1ccc2ccccc2n1. The highest BCUT2D eigenvalue weighted by Gasteiger charge is 2.11. The number of rotatable bonds is 3. The molecule has 0 amide bonds. The van der Waals surface area contributed by atoms with E-state index in [0.717, 1.165) is 5.39 Å². The van der Waals surface area contributed by atoms with Crippen LogP contribution in [0, 0.1) is 0 Å². The van der Waals surface area contributed by atoms with Gasteiger partial charge in [0, 0.05) is 5.39 Å². The van der Waals surface area contributed by atoms with Gasteiger partial charge in [-0.25, -0.2) is 14.8 Å². The number of nitrogens with zero attached hydrogens (tertiary/aromatic N) is 2. The van der Waals surface area contributed by atoms with E-state index in [9.17, 15) is 9.59 Å². The van der Waals surface area contributed by atoms with E-state index in [4.69, 9.17) is 4.74 Å². The second-order valence-corrected chi connectivity index (χ2v) is 5.50. The van der Waals surface area contributed by atoms with Gasteiger partial charge in [0.1, 0.15) is 18.1 Å². The zero-order chi connectivity index (χ0) is 17.2.